The highest BCUT2D eigenvalue weighted by molar-refractivity contribution is 7.86. The Morgan fingerprint density at radius 3 is 2.34 bits per heavy atom. The van der Waals surface area contributed by atoms with Crippen LogP contribution >= 0.6 is 0 Å². The highest BCUT2D eigenvalue weighted by Gasteiger charge is 2.48. The molecule has 2 saturated heterocycles. The lowest BCUT2D eigenvalue weighted by atomic mass is 10.00. The number of benzene rings is 2. The fourth-order valence-electron chi connectivity index (χ4n) is 4.81. The quantitative estimate of drug-likeness (QED) is 0.553. The standard InChI is InChI=1S/C25H27N3O3S/c1-18-8-11-22(12-9-18)32(29,30)31-25-23-17-28(16-21(23)15-27(25)2)24-13-10-20(14-26-24)19-6-4-3-5-7-19/h3-14,21,23,25H,15-17H2,1-2H3. The number of hydrogen-bond donors (Lipinski definition) is 0. The van der Waals surface area contributed by atoms with E-state index in [0.29, 0.717) is 5.92 Å². The number of likely N-dealkylation sites (tertiary alicyclic amines) is 1. The van der Waals surface area contributed by atoms with Gasteiger partial charge in [0.1, 0.15) is 12.0 Å². The van der Waals surface area contributed by atoms with E-state index in [4.69, 9.17) is 9.17 Å². The van der Waals surface area contributed by atoms with Crippen molar-refractivity contribution in [3.8, 4) is 11.1 Å². The molecule has 2 aliphatic rings. The molecule has 5 rings (SSSR count). The van der Waals surface area contributed by atoms with E-state index in [9.17, 15) is 8.42 Å². The van der Waals surface area contributed by atoms with Crippen LogP contribution in [0.5, 0.6) is 0 Å². The second-order valence-corrected chi connectivity index (χ2v) is 10.4. The van der Waals surface area contributed by atoms with Gasteiger partial charge in [-0.2, -0.15) is 8.42 Å². The Kier molecular flexibility index (Phi) is 5.49. The number of fused-ring (bicyclic) bond motifs is 1. The molecule has 0 N–H and O–H groups in total. The molecule has 1 aromatic heterocycles. The third-order valence-corrected chi connectivity index (χ3v) is 7.83. The van der Waals surface area contributed by atoms with Crippen LogP contribution in [0.15, 0.2) is 77.8 Å². The van der Waals surface area contributed by atoms with E-state index in [0.717, 1.165) is 42.1 Å². The lowest BCUT2D eigenvalue weighted by Crippen LogP contribution is -2.37. The van der Waals surface area contributed by atoms with E-state index < -0.39 is 16.3 Å². The fourth-order valence-corrected chi connectivity index (χ4v) is 5.94. The Balaban J connectivity index is 1.31. The van der Waals surface area contributed by atoms with E-state index in [1.165, 1.54) is 0 Å². The lowest BCUT2D eigenvalue weighted by molar-refractivity contribution is 0.0569. The van der Waals surface area contributed by atoms with Crippen molar-refractivity contribution in [3.63, 3.8) is 0 Å². The zero-order chi connectivity index (χ0) is 22.3. The second kappa shape index (κ2) is 8.31. The van der Waals surface area contributed by atoms with Gasteiger partial charge >= 0.3 is 0 Å². The van der Waals surface area contributed by atoms with Gasteiger partial charge in [-0.3, -0.25) is 4.90 Å². The molecule has 0 aliphatic carbocycles. The summed E-state index contributed by atoms with van der Waals surface area (Å²) >= 11 is 0. The predicted octanol–water partition coefficient (Wildman–Crippen LogP) is 3.79. The molecule has 7 heteroatoms. The molecule has 166 valence electrons. The van der Waals surface area contributed by atoms with Crippen molar-refractivity contribution in [2.75, 3.05) is 31.6 Å². The van der Waals surface area contributed by atoms with E-state index in [-0.39, 0.29) is 10.8 Å². The molecule has 3 atom stereocenters. The van der Waals surface area contributed by atoms with Gasteiger partial charge in [0, 0.05) is 37.3 Å². The molecule has 6 nitrogen and oxygen atoms in total. The molecule has 2 aromatic carbocycles. The van der Waals surface area contributed by atoms with Crippen molar-refractivity contribution in [2.45, 2.75) is 18.0 Å². The minimum Gasteiger partial charge on any atom is -0.356 e. The van der Waals surface area contributed by atoms with E-state index in [1.807, 2.05) is 49.3 Å². The van der Waals surface area contributed by atoms with E-state index >= 15 is 0 Å². The molecular weight excluding hydrogens is 422 g/mol. The normalized spacial score (nSPS) is 23.4. The van der Waals surface area contributed by atoms with Crippen molar-refractivity contribution >= 4 is 15.9 Å². The minimum absolute atomic E-state index is 0.107. The second-order valence-electron chi connectivity index (χ2n) is 8.79. The molecule has 0 bridgehead atoms. The minimum atomic E-state index is -3.83. The van der Waals surface area contributed by atoms with Crippen LogP contribution in [0.2, 0.25) is 0 Å². The Morgan fingerprint density at radius 2 is 1.66 bits per heavy atom. The Bertz CT molecular complexity index is 1180. The molecule has 0 saturated carbocycles. The van der Waals surface area contributed by atoms with Crippen LogP contribution in [0.25, 0.3) is 11.1 Å². The number of nitrogens with zero attached hydrogens (tertiary/aromatic N) is 3. The predicted molar refractivity (Wildman–Crippen MR) is 125 cm³/mol. The summed E-state index contributed by atoms with van der Waals surface area (Å²) in [4.78, 5) is 9.15. The molecule has 2 fully saturated rings. The van der Waals surface area contributed by atoms with Crippen molar-refractivity contribution in [1.82, 2.24) is 9.88 Å². The first-order valence-corrected chi connectivity index (χ1v) is 12.3. The summed E-state index contributed by atoms with van der Waals surface area (Å²) in [5, 5.41) is 0. The highest BCUT2D eigenvalue weighted by atomic mass is 32.2. The average molecular weight is 450 g/mol. The lowest BCUT2D eigenvalue weighted by Gasteiger charge is -2.26. The van der Waals surface area contributed by atoms with E-state index in [2.05, 4.69) is 23.1 Å². The first kappa shape index (κ1) is 21.1. The number of anilines is 1. The highest BCUT2D eigenvalue weighted by Crippen LogP contribution is 2.39. The van der Waals surface area contributed by atoms with Gasteiger partial charge in [0.2, 0.25) is 0 Å². The first-order valence-electron chi connectivity index (χ1n) is 10.9. The first-order chi connectivity index (χ1) is 15.4. The largest absolute Gasteiger partial charge is 0.356 e. The zero-order valence-electron chi connectivity index (χ0n) is 18.3. The van der Waals surface area contributed by atoms with Crippen molar-refractivity contribution < 1.29 is 12.6 Å². The SMILES string of the molecule is Cc1ccc(S(=O)(=O)OC2C3CN(c4ccc(-c5ccccc5)cn4)CC3CN2C)cc1. The topological polar surface area (TPSA) is 62.7 Å². The third kappa shape index (κ3) is 4.03. The van der Waals surface area contributed by atoms with Gasteiger partial charge in [-0.05, 0) is 49.7 Å². The van der Waals surface area contributed by atoms with Crippen LogP contribution in [-0.2, 0) is 14.3 Å². The monoisotopic (exact) mass is 449 g/mol. The van der Waals surface area contributed by atoms with Crippen molar-refractivity contribution in [3.05, 3.63) is 78.5 Å². The van der Waals surface area contributed by atoms with Crippen LogP contribution in [0.1, 0.15) is 5.56 Å². The molecule has 2 aliphatic heterocycles. The van der Waals surface area contributed by atoms with Crippen LogP contribution in [0, 0.1) is 18.8 Å². The summed E-state index contributed by atoms with van der Waals surface area (Å²) in [6.07, 6.45) is 1.43. The summed E-state index contributed by atoms with van der Waals surface area (Å²) in [6.45, 7) is 4.30. The van der Waals surface area contributed by atoms with Crippen LogP contribution in [-0.4, -0.2) is 51.2 Å². The number of rotatable bonds is 5. The molecule has 32 heavy (non-hydrogen) atoms. The van der Waals surface area contributed by atoms with Crippen molar-refractivity contribution in [1.29, 1.82) is 0 Å². The van der Waals surface area contributed by atoms with Crippen LogP contribution in [0.4, 0.5) is 5.82 Å². The molecule has 3 aromatic rings. The number of pyridine rings is 1. The third-order valence-electron chi connectivity index (χ3n) is 6.53. The maximum atomic E-state index is 12.9. The molecule has 0 radical (unpaired) electrons. The molecule has 3 unspecified atom stereocenters. The maximum Gasteiger partial charge on any atom is 0.298 e. The summed E-state index contributed by atoms with van der Waals surface area (Å²) in [7, 11) is -1.89. The molecule has 3 heterocycles. The van der Waals surface area contributed by atoms with Gasteiger partial charge in [-0.25, -0.2) is 9.17 Å². The number of aryl methyl sites for hydroxylation is 1. The summed E-state index contributed by atoms with van der Waals surface area (Å²) in [5.74, 6) is 1.37. The molecule has 0 spiro atoms. The molecular formula is C25H27N3O3S. The van der Waals surface area contributed by atoms with Gasteiger partial charge in [-0.1, -0.05) is 48.0 Å². The average Bonchev–Trinajstić information content (AvgIpc) is 3.33. The van der Waals surface area contributed by atoms with Crippen LogP contribution < -0.4 is 4.90 Å². The van der Waals surface area contributed by atoms with E-state index in [1.54, 1.807) is 24.3 Å². The van der Waals surface area contributed by atoms with Crippen LogP contribution in [0.3, 0.4) is 0 Å². The number of hydrogen-bond acceptors (Lipinski definition) is 6. The summed E-state index contributed by atoms with van der Waals surface area (Å²) < 4.78 is 31.5. The molecule has 0 amide bonds. The van der Waals surface area contributed by atoms with Gasteiger partial charge in [-0.15, -0.1) is 0 Å². The van der Waals surface area contributed by atoms with Crippen molar-refractivity contribution in [2.24, 2.45) is 11.8 Å². The summed E-state index contributed by atoms with van der Waals surface area (Å²) in [5.41, 5.74) is 3.24. The van der Waals surface area contributed by atoms with Gasteiger partial charge in [0.05, 0.1) is 4.90 Å². The zero-order valence-corrected chi connectivity index (χ0v) is 19.1. The smallest absolute Gasteiger partial charge is 0.298 e. The van der Waals surface area contributed by atoms with Gasteiger partial charge in [0.15, 0.2) is 0 Å². The fraction of sp³-hybridized carbons (Fsp3) is 0.320. The summed E-state index contributed by atoms with van der Waals surface area (Å²) in [6, 6.07) is 21.1. The van der Waals surface area contributed by atoms with Gasteiger partial charge < -0.3 is 4.90 Å². The van der Waals surface area contributed by atoms with Gasteiger partial charge in [0.25, 0.3) is 10.1 Å². The Labute approximate surface area is 189 Å². The number of aromatic nitrogens is 1. The Hall–Kier alpha value is -2.74. The maximum absolute atomic E-state index is 12.9. The Morgan fingerprint density at radius 1 is 0.906 bits per heavy atom.